The zero-order valence-corrected chi connectivity index (χ0v) is 10.8. The molecule has 0 N–H and O–H groups in total. The van der Waals surface area contributed by atoms with E-state index in [1.54, 1.807) is 11.0 Å². The lowest BCUT2D eigenvalue weighted by molar-refractivity contribution is 0.661. The standard InChI is InChI=1S/C13H15N5/c1-9-4-11-12(5-10(9)2)18(8-15-11)6-13-14-7-16-17(13)3/h4-5,7-8H,6H2,1-3H3. The SMILES string of the molecule is Cc1cc2ncn(Cc3ncnn3C)c2cc1C. The molecule has 5 nitrogen and oxygen atoms in total. The zero-order valence-electron chi connectivity index (χ0n) is 10.8. The highest BCUT2D eigenvalue weighted by atomic mass is 15.3. The highest BCUT2D eigenvalue weighted by Crippen LogP contribution is 2.18. The highest BCUT2D eigenvalue weighted by Gasteiger charge is 2.07. The molecule has 1 aromatic carbocycles. The minimum Gasteiger partial charge on any atom is -0.323 e. The van der Waals surface area contributed by atoms with Crippen LogP contribution in [0.2, 0.25) is 0 Å². The summed E-state index contributed by atoms with van der Waals surface area (Å²) in [7, 11) is 1.90. The van der Waals surface area contributed by atoms with Crippen LogP contribution in [0.1, 0.15) is 17.0 Å². The van der Waals surface area contributed by atoms with Gasteiger partial charge in [-0.3, -0.25) is 4.68 Å². The lowest BCUT2D eigenvalue weighted by Crippen LogP contribution is -2.06. The summed E-state index contributed by atoms with van der Waals surface area (Å²) in [4.78, 5) is 8.68. The summed E-state index contributed by atoms with van der Waals surface area (Å²) in [6.45, 7) is 4.92. The average Bonchev–Trinajstić information content (AvgIpc) is 2.90. The van der Waals surface area contributed by atoms with Gasteiger partial charge >= 0.3 is 0 Å². The average molecular weight is 241 g/mol. The summed E-state index contributed by atoms with van der Waals surface area (Å²) < 4.78 is 3.89. The summed E-state index contributed by atoms with van der Waals surface area (Å²) >= 11 is 0. The van der Waals surface area contributed by atoms with E-state index in [0.29, 0.717) is 6.54 Å². The number of aromatic nitrogens is 5. The summed E-state index contributed by atoms with van der Waals surface area (Å²) in [6, 6.07) is 4.30. The number of hydrogen-bond donors (Lipinski definition) is 0. The first-order valence-electron chi connectivity index (χ1n) is 5.90. The van der Waals surface area contributed by atoms with Gasteiger partial charge in [-0.1, -0.05) is 0 Å². The first-order chi connectivity index (χ1) is 8.65. The lowest BCUT2D eigenvalue weighted by atomic mass is 10.1. The number of fused-ring (bicyclic) bond motifs is 1. The van der Waals surface area contributed by atoms with Crippen LogP contribution in [0, 0.1) is 13.8 Å². The predicted octanol–water partition coefficient (Wildman–Crippen LogP) is 1.83. The smallest absolute Gasteiger partial charge is 0.146 e. The first-order valence-corrected chi connectivity index (χ1v) is 5.90. The van der Waals surface area contributed by atoms with Crippen molar-refractivity contribution in [3.8, 4) is 0 Å². The molecule has 92 valence electrons. The third-order valence-electron chi connectivity index (χ3n) is 3.35. The minimum atomic E-state index is 0.690. The van der Waals surface area contributed by atoms with E-state index in [1.165, 1.54) is 11.1 Å². The molecule has 0 radical (unpaired) electrons. The topological polar surface area (TPSA) is 48.5 Å². The Morgan fingerprint density at radius 2 is 1.89 bits per heavy atom. The molecule has 0 spiro atoms. The molecule has 0 aliphatic heterocycles. The second-order valence-corrected chi connectivity index (χ2v) is 4.60. The Balaban J connectivity index is 2.08. The van der Waals surface area contributed by atoms with Crippen LogP contribution in [0.25, 0.3) is 11.0 Å². The van der Waals surface area contributed by atoms with Gasteiger partial charge in [0.25, 0.3) is 0 Å². The van der Waals surface area contributed by atoms with Crippen LogP contribution >= 0.6 is 0 Å². The molecular formula is C13H15N5. The fourth-order valence-corrected chi connectivity index (χ4v) is 2.05. The molecule has 0 saturated heterocycles. The monoisotopic (exact) mass is 241 g/mol. The van der Waals surface area contributed by atoms with Gasteiger partial charge in [-0.25, -0.2) is 9.97 Å². The number of hydrogen-bond acceptors (Lipinski definition) is 3. The highest BCUT2D eigenvalue weighted by molar-refractivity contribution is 5.77. The summed E-state index contributed by atoms with van der Waals surface area (Å²) in [5.41, 5.74) is 4.72. The van der Waals surface area contributed by atoms with Gasteiger partial charge in [-0.2, -0.15) is 5.10 Å². The molecule has 0 aliphatic carbocycles. The summed E-state index contributed by atoms with van der Waals surface area (Å²) in [5, 5.41) is 4.08. The Hall–Kier alpha value is -2.17. The third-order valence-corrected chi connectivity index (χ3v) is 3.35. The number of aryl methyl sites for hydroxylation is 3. The molecule has 0 atom stereocenters. The van der Waals surface area contributed by atoms with Gasteiger partial charge in [0.05, 0.1) is 23.9 Å². The predicted molar refractivity (Wildman–Crippen MR) is 69.3 cm³/mol. The van der Waals surface area contributed by atoms with E-state index in [2.05, 4.69) is 45.6 Å². The van der Waals surface area contributed by atoms with Crippen LogP contribution in [-0.2, 0) is 13.6 Å². The molecule has 0 aliphatic rings. The molecule has 0 saturated carbocycles. The van der Waals surface area contributed by atoms with E-state index in [9.17, 15) is 0 Å². The normalized spacial score (nSPS) is 11.3. The Kier molecular flexibility index (Phi) is 2.40. The molecule has 2 aromatic heterocycles. The molecule has 0 bridgehead atoms. The maximum atomic E-state index is 4.44. The molecular weight excluding hydrogens is 226 g/mol. The molecule has 0 fully saturated rings. The van der Waals surface area contributed by atoms with Crippen molar-refractivity contribution in [3.05, 3.63) is 41.7 Å². The van der Waals surface area contributed by atoms with E-state index in [4.69, 9.17) is 0 Å². The van der Waals surface area contributed by atoms with Crippen molar-refractivity contribution in [2.45, 2.75) is 20.4 Å². The van der Waals surface area contributed by atoms with E-state index in [-0.39, 0.29) is 0 Å². The quantitative estimate of drug-likeness (QED) is 0.687. The molecule has 3 rings (SSSR count). The zero-order chi connectivity index (χ0) is 12.7. The van der Waals surface area contributed by atoms with Crippen molar-refractivity contribution in [1.82, 2.24) is 24.3 Å². The van der Waals surface area contributed by atoms with Gasteiger partial charge in [0, 0.05) is 7.05 Å². The molecule has 3 aromatic rings. The van der Waals surface area contributed by atoms with Gasteiger partial charge < -0.3 is 4.57 Å². The maximum absolute atomic E-state index is 4.44. The van der Waals surface area contributed by atoms with Crippen molar-refractivity contribution < 1.29 is 0 Å². The fourth-order valence-electron chi connectivity index (χ4n) is 2.05. The van der Waals surface area contributed by atoms with Crippen LogP contribution in [0.4, 0.5) is 0 Å². The third kappa shape index (κ3) is 1.68. The Labute approximate surface area is 105 Å². The van der Waals surface area contributed by atoms with Gasteiger partial charge in [0.2, 0.25) is 0 Å². The van der Waals surface area contributed by atoms with E-state index >= 15 is 0 Å². The van der Waals surface area contributed by atoms with Crippen LogP contribution in [0.3, 0.4) is 0 Å². The van der Waals surface area contributed by atoms with Gasteiger partial charge in [-0.15, -0.1) is 0 Å². The Bertz CT molecular complexity index is 707. The number of nitrogens with zero attached hydrogens (tertiary/aromatic N) is 5. The number of rotatable bonds is 2. The Morgan fingerprint density at radius 3 is 2.61 bits per heavy atom. The van der Waals surface area contributed by atoms with Crippen LogP contribution in [0.5, 0.6) is 0 Å². The molecule has 18 heavy (non-hydrogen) atoms. The lowest BCUT2D eigenvalue weighted by Gasteiger charge is -2.05. The van der Waals surface area contributed by atoms with Crippen molar-refractivity contribution in [2.24, 2.45) is 7.05 Å². The van der Waals surface area contributed by atoms with Crippen molar-refractivity contribution >= 4 is 11.0 Å². The number of benzene rings is 1. The number of imidazole rings is 1. The van der Waals surface area contributed by atoms with E-state index in [1.807, 2.05) is 13.4 Å². The Morgan fingerprint density at radius 1 is 1.11 bits per heavy atom. The molecule has 0 unspecified atom stereocenters. The summed E-state index contributed by atoms with van der Waals surface area (Å²) in [6.07, 6.45) is 3.43. The minimum absolute atomic E-state index is 0.690. The molecule has 5 heteroatoms. The van der Waals surface area contributed by atoms with Crippen LogP contribution in [0.15, 0.2) is 24.8 Å². The van der Waals surface area contributed by atoms with Crippen molar-refractivity contribution in [2.75, 3.05) is 0 Å². The maximum Gasteiger partial charge on any atom is 0.146 e. The first kappa shape index (κ1) is 11.0. The van der Waals surface area contributed by atoms with E-state index in [0.717, 1.165) is 16.9 Å². The largest absolute Gasteiger partial charge is 0.323 e. The molecule has 0 amide bonds. The van der Waals surface area contributed by atoms with Gasteiger partial charge in [0.1, 0.15) is 12.2 Å². The van der Waals surface area contributed by atoms with Crippen LogP contribution in [-0.4, -0.2) is 24.3 Å². The van der Waals surface area contributed by atoms with E-state index < -0.39 is 0 Å². The van der Waals surface area contributed by atoms with Crippen molar-refractivity contribution in [1.29, 1.82) is 0 Å². The summed E-state index contributed by atoms with van der Waals surface area (Å²) in [5.74, 6) is 0.924. The second kappa shape index (κ2) is 3.94. The van der Waals surface area contributed by atoms with Gasteiger partial charge in [0.15, 0.2) is 0 Å². The second-order valence-electron chi connectivity index (χ2n) is 4.60. The molecule has 2 heterocycles. The van der Waals surface area contributed by atoms with Gasteiger partial charge in [-0.05, 0) is 37.1 Å². The van der Waals surface area contributed by atoms with Crippen LogP contribution < -0.4 is 0 Å². The van der Waals surface area contributed by atoms with Crippen molar-refractivity contribution in [3.63, 3.8) is 0 Å². The fraction of sp³-hybridized carbons (Fsp3) is 0.308.